The van der Waals surface area contributed by atoms with Crippen LogP contribution in [0.4, 0.5) is 0 Å². The number of nitriles is 2. The Hall–Kier alpha value is -5.12. The first kappa shape index (κ1) is 39.1. The molecule has 0 saturated heterocycles. The predicted molar refractivity (Wildman–Crippen MR) is 266 cm³/mol. The molecule has 5 aromatic carbocycles. The minimum absolute atomic E-state index is 0.103. The van der Waals surface area contributed by atoms with Crippen molar-refractivity contribution in [2.24, 2.45) is 0 Å². The fourth-order valence-electron chi connectivity index (χ4n) is 17.3. The molecule has 7 aliphatic rings. The van der Waals surface area contributed by atoms with Crippen LogP contribution in [0.15, 0.2) is 66.7 Å². The SMILES string of the molecule is N#Cc1cc2c(c3c1C1(CCCCC1)CCC31CCCC1)c1c3cc(c4c5c6c(c(C#N)cc5n2c14)C1(CCCCC1)CCC61CCCC1)CCc1cc(cc(-c2ccccc2)c1)CC3. The van der Waals surface area contributed by atoms with Gasteiger partial charge >= 0.3 is 0 Å². The van der Waals surface area contributed by atoms with Crippen molar-refractivity contribution in [2.75, 3.05) is 0 Å². The summed E-state index contributed by atoms with van der Waals surface area (Å²) in [6, 6.07) is 32.0. The third-order valence-corrected chi connectivity index (χ3v) is 20.1. The maximum Gasteiger partial charge on any atom is 0.0995 e. The van der Waals surface area contributed by atoms with Crippen LogP contribution in [-0.4, -0.2) is 4.40 Å². The van der Waals surface area contributed by atoms with Gasteiger partial charge < -0.3 is 4.40 Å². The Kier molecular flexibility index (Phi) is 8.54. The highest BCUT2D eigenvalue weighted by atomic mass is 14.9. The fraction of sp³-hybridized carbons (Fsp3) is 0.484. The highest BCUT2D eigenvalue weighted by Crippen LogP contribution is 2.64. The van der Waals surface area contributed by atoms with Crippen molar-refractivity contribution >= 4 is 38.1 Å². The topological polar surface area (TPSA) is 52.0 Å². The van der Waals surface area contributed by atoms with Crippen LogP contribution in [0.5, 0.6) is 0 Å². The summed E-state index contributed by atoms with van der Waals surface area (Å²) in [4.78, 5) is 0. The fourth-order valence-corrected chi connectivity index (χ4v) is 17.3. The van der Waals surface area contributed by atoms with Gasteiger partial charge in [-0.3, -0.25) is 0 Å². The van der Waals surface area contributed by atoms with Crippen LogP contribution < -0.4 is 0 Å². The summed E-state index contributed by atoms with van der Waals surface area (Å²) in [5.74, 6) is 0. The van der Waals surface area contributed by atoms with Gasteiger partial charge in [-0.15, -0.1) is 0 Å². The van der Waals surface area contributed by atoms with Crippen molar-refractivity contribution in [1.29, 1.82) is 10.5 Å². The highest BCUT2D eigenvalue weighted by Gasteiger charge is 2.53. The Labute approximate surface area is 385 Å². The van der Waals surface area contributed by atoms with E-state index in [-0.39, 0.29) is 21.7 Å². The number of rotatable bonds is 1. The van der Waals surface area contributed by atoms with Crippen LogP contribution in [0.3, 0.4) is 0 Å². The molecule has 3 nitrogen and oxygen atoms in total. The van der Waals surface area contributed by atoms with E-state index >= 15 is 0 Å². The average molecular weight is 850 g/mol. The lowest BCUT2D eigenvalue weighted by Gasteiger charge is -2.50. The number of aromatic nitrogens is 1. The Morgan fingerprint density at radius 1 is 0.385 bits per heavy atom. The number of aryl methyl sites for hydroxylation is 4. The minimum atomic E-state index is 0.103. The van der Waals surface area contributed by atoms with E-state index in [9.17, 15) is 10.5 Å². The number of hydrogen-bond acceptors (Lipinski definition) is 2. The molecule has 326 valence electrons. The molecule has 65 heavy (non-hydrogen) atoms. The lowest BCUT2D eigenvalue weighted by Crippen LogP contribution is -2.41. The van der Waals surface area contributed by atoms with E-state index in [1.54, 1.807) is 11.1 Å². The number of nitrogens with zero attached hydrogens (tertiary/aromatic N) is 3. The third-order valence-electron chi connectivity index (χ3n) is 20.1. The zero-order valence-corrected chi connectivity index (χ0v) is 38.6. The Morgan fingerprint density at radius 3 is 1.23 bits per heavy atom. The van der Waals surface area contributed by atoms with Gasteiger partial charge in [0.25, 0.3) is 0 Å². The Bertz CT molecular complexity index is 3010. The van der Waals surface area contributed by atoms with Crippen molar-refractivity contribution in [3.63, 3.8) is 0 Å². The second-order valence-corrected chi connectivity index (χ2v) is 23.1. The van der Waals surface area contributed by atoms with Crippen LogP contribution in [0, 0.1) is 22.7 Å². The largest absolute Gasteiger partial charge is 0.308 e. The van der Waals surface area contributed by atoms with Gasteiger partial charge in [-0.05, 0) is 192 Å². The zero-order chi connectivity index (χ0) is 43.1. The maximum atomic E-state index is 11.5. The van der Waals surface area contributed by atoms with Crippen molar-refractivity contribution in [2.45, 2.75) is 189 Å². The number of fused-ring (bicyclic) bond motifs is 20. The molecule has 14 rings (SSSR count). The lowest BCUT2D eigenvalue weighted by atomic mass is 9.54. The smallest absolute Gasteiger partial charge is 0.0995 e. The summed E-state index contributed by atoms with van der Waals surface area (Å²) >= 11 is 0. The Morgan fingerprint density at radius 2 is 0.800 bits per heavy atom. The molecule has 0 aliphatic heterocycles. The second kappa shape index (κ2) is 14.2. The molecule has 2 heterocycles. The van der Waals surface area contributed by atoms with E-state index in [1.807, 2.05) is 0 Å². The van der Waals surface area contributed by atoms with Gasteiger partial charge in [0.1, 0.15) is 0 Å². The van der Waals surface area contributed by atoms with Gasteiger partial charge in [0.2, 0.25) is 0 Å². The average Bonchev–Trinajstić information content (AvgIpc) is 4.17. The van der Waals surface area contributed by atoms with Gasteiger partial charge in [0, 0.05) is 21.5 Å². The highest BCUT2D eigenvalue weighted by molar-refractivity contribution is 6.27. The molecule has 7 aliphatic carbocycles. The molecule has 4 saturated carbocycles. The summed E-state index contributed by atoms with van der Waals surface area (Å²) in [6.07, 6.45) is 31.8. The van der Waals surface area contributed by atoms with Crippen molar-refractivity contribution < 1.29 is 0 Å². The van der Waals surface area contributed by atoms with Crippen LogP contribution in [0.25, 0.3) is 49.2 Å². The van der Waals surface area contributed by atoms with Gasteiger partial charge in [-0.25, -0.2) is 0 Å². The molecule has 0 atom stereocenters. The molecule has 3 heteroatoms. The lowest BCUT2D eigenvalue weighted by molar-refractivity contribution is 0.210. The molecule has 2 aromatic heterocycles. The predicted octanol–water partition coefficient (Wildman–Crippen LogP) is 15.7. The van der Waals surface area contributed by atoms with Crippen molar-refractivity contribution in [3.05, 3.63) is 122 Å². The number of benzene rings is 5. The summed E-state index contributed by atoms with van der Waals surface area (Å²) in [5.41, 5.74) is 21.1. The van der Waals surface area contributed by atoms with Crippen molar-refractivity contribution in [3.8, 4) is 23.3 Å². The first-order valence-corrected chi connectivity index (χ1v) is 26.4. The maximum absolute atomic E-state index is 11.5. The van der Waals surface area contributed by atoms with Crippen LogP contribution >= 0.6 is 0 Å². The van der Waals surface area contributed by atoms with E-state index in [1.165, 1.54) is 224 Å². The molecule has 4 fully saturated rings. The molecule has 4 bridgehead atoms. The van der Waals surface area contributed by atoms with Crippen LogP contribution in [-0.2, 0) is 47.3 Å². The molecule has 7 aromatic rings. The van der Waals surface area contributed by atoms with Gasteiger partial charge in [-0.1, -0.05) is 119 Å². The first-order valence-electron chi connectivity index (χ1n) is 26.4. The van der Waals surface area contributed by atoms with Gasteiger partial charge in [-0.2, -0.15) is 10.5 Å². The monoisotopic (exact) mass is 850 g/mol. The van der Waals surface area contributed by atoms with Gasteiger partial charge in [0.05, 0.1) is 39.8 Å². The Balaban J connectivity index is 1.16. The molecular weight excluding hydrogens is 787 g/mol. The molecule has 0 amide bonds. The number of hydrogen-bond donors (Lipinski definition) is 0. The normalized spacial score (nSPS) is 22.6. The minimum Gasteiger partial charge on any atom is -0.308 e. The van der Waals surface area contributed by atoms with E-state index in [0.717, 1.165) is 36.8 Å². The van der Waals surface area contributed by atoms with Crippen molar-refractivity contribution in [1.82, 2.24) is 4.40 Å². The van der Waals surface area contributed by atoms with E-state index in [4.69, 9.17) is 0 Å². The molecule has 0 unspecified atom stereocenters. The summed E-state index contributed by atoms with van der Waals surface area (Å²) in [5, 5.41) is 29.1. The molecule has 4 spiro atoms. The molecular formula is C62H63N3. The van der Waals surface area contributed by atoms with Crippen LogP contribution in [0.2, 0.25) is 0 Å². The summed E-state index contributed by atoms with van der Waals surface area (Å²) in [6.45, 7) is 0. The van der Waals surface area contributed by atoms with E-state index < -0.39 is 0 Å². The molecule has 0 N–H and O–H groups in total. The van der Waals surface area contributed by atoms with E-state index in [2.05, 4.69) is 83.3 Å². The quantitative estimate of drug-likeness (QED) is 0.165. The first-order chi connectivity index (χ1) is 32.0. The van der Waals surface area contributed by atoms with E-state index in [0.29, 0.717) is 0 Å². The van der Waals surface area contributed by atoms with Crippen LogP contribution in [0.1, 0.15) is 197 Å². The molecule has 0 radical (unpaired) electrons. The van der Waals surface area contributed by atoms with Gasteiger partial charge in [0.15, 0.2) is 0 Å². The second-order valence-electron chi connectivity index (χ2n) is 23.1. The summed E-state index contributed by atoms with van der Waals surface area (Å²) < 4.78 is 2.71. The summed E-state index contributed by atoms with van der Waals surface area (Å²) in [7, 11) is 0. The zero-order valence-electron chi connectivity index (χ0n) is 38.6. The third kappa shape index (κ3) is 5.34. The standard InChI is InChI=1S/C62H63N3/c63-38-46-36-48-52(56-54(46)59(20-6-2-7-21-59)28-30-61(56)24-10-11-25-61)50-43-18-16-40-32-41(34-45(33-40)42-14-4-1-5-15-42)17-19-44(35-43)51-53-49(65(48)58(50)51)37-47(39-64)55-57(53)62(26-12-13-27-62)31-29-60(55)22-8-3-9-23-60/h1,4-5,14-15,32-37H,2-3,6-13,16-31H2.